The van der Waals surface area contributed by atoms with Crippen molar-refractivity contribution in [2.45, 2.75) is 12.5 Å². The number of rotatable bonds is 4. The van der Waals surface area contributed by atoms with Gasteiger partial charge in [0.25, 0.3) is 5.91 Å². The maximum absolute atomic E-state index is 13.7. The van der Waals surface area contributed by atoms with E-state index in [1.807, 2.05) is 0 Å². The summed E-state index contributed by atoms with van der Waals surface area (Å²) in [5.74, 6) is -2.34. The van der Waals surface area contributed by atoms with Crippen LogP contribution in [0.5, 0.6) is 5.75 Å². The molecule has 1 N–H and O–H groups in total. The molecular formula is C18H16F2N2O3. The van der Waals surface area contributed by atoms with E-state index in [4.69, 9.17) is 4.74 Å². The fourth-order valence-corrected chi connectivity index (χ4v) is 2.80. The van der Waals surface area contributed by atoms with Gasteiger partial charge in [-0.05, 0) is 24.3 Å². The van der Waals surface area contributed by atoms with E-state index in [0.717, 1.165) is 12.1 Å². The molecule has 1 heterocycles. The lowest BCUT2D eigenvalue weighted by atomic mass is 10.1. The number of nitrogens with one attached hydrogen (secondary N) is 1. The maximum atomic E-state index is 13.7. The summed E-state index contributed by atoms with van der Waals surface area (Å²) in [5.41, 5.74) is -0.00653. The van der Waals surface area contributed by atoms with Crippen LogP contribution in [0.1, 0.15) is 16.8 Å². The Morgan fingerprint density at radius 2 is 1.88 bits per heavy atom. The van der Waals surface area contributed by atoms with Gasteiger partial charge in [-0.2, -0.15) is 0 Å². The molecule has 1 aliphatic rings. The summed E-state index contributed by atoms with van der Waals surface area (Å²) in [6, 6.07) is 9.64. The molecule has 0 saturated carbocycles. The first-order valence-corrected chi connectivity index (χ1v) is 7.69. The summed E-state index contributed by atoms with van der Waals surface area (Å²) in [6.45, 7) is 0.216. The molecule has 5 nitrogen and oxygen atoms in total. The van der Waals surface area contributed by atoms with E-state index in [9.17, 15) is 18.4 Å². The van der Waals surface area contributed by atoms with E-state index in [1.165, 1.54) is 18.1 Å². The monoisotopic (exact) mass is 346 g/mol. The lowest BCUT2D eigenvalue weighted by Crippen LogP contribution is -2.38. The average molecular weight is 346 g/mol. The first kappa shape index (κ1) is 16.9. The number of benzene rings is 2. The number of ether oxygens (including phenoxy) is 1. The SMILES string of the molecule is COc1cccc(N2C[C@H](NC(=O)c3c(F)cccc3F)CC2=O)c1. The Balaban J connectivity index is 1.73. The highest BCUT2D eigenvalue weighted by Crippen LogP contribution is 2.25. The topological polar surface area (TPSA) is 58.6 Å². The minimum absolute atomic E-state index is 0.0546. The Labute approximate surface area is 143 Å². The van der Waals surface area contributed by atoms with E-state index < -0.39 is 29.1 Å². The van der Waals surface area contributed by atoms with Crippen LogP contribution in [0.4, 0.5) is 14.5 Å². The van der Waals surface area contributed by atoms with Gasteiger partial charge in [0.15, 0.2) is 0 Å². The Bertz CT molecular complexity index is 805. The molecule has 1 aliphatic heterocycles. The predicted molar refractivity (Wildman–Crippen MR) is 87.6 cm³/mol. The van der Waals surface area contributed by atoms with Gasteiger partial charge in [0.05, 0.1) is 13.2 Å². The van der Waals surface area contributed by atoms with Gasteiger partial charge in [-0.25, -0.2) is 8.78 Å². The predicted octanol–water partition coefficient (Wildman–Crippen LogP) is 2.51. The molecule has 0 aromatic heterocycles. The molecule has 0 aliphatic carbocycles. The number of halogens is 2. The van der Waals surface area contributed by atoms with Crippen molar-refractivity contribution in [2.24, 2.45) is 0 Å². The second-order valence-corrected chi connectivity index (χ2v) is 5.68. The van der Waals surface area contributed by atoms with Gasteiger partial charge >= 0.3 is 0 Å². The van der Waals surface area contributed by atoms with Crippen LogP contribution in [-0.4, -0.2) is 31.5 Å². The molecule has 7 heteroatoms. The van der Waals surface area contributed by atoms with Crippen LogP contribution in [-0.2, 0) is 4.79 Å². The molecule has 1 atom stereocenters. The fraction of sp³-hybridized carbons (Fsp3) is 0.222. The Hall–Kier alpha value is -2.96. The largest absolute Gasteiger partial charge is 0.497 e. The van der Waals surface area contributed by atoms with Gasteiger partial charge in [-0.15, -0.1) is 0 Å². The number of hydrogen-bond donors (Lipinski definition) is 1. The number of amides is 2. The minimum atomic E-state index is -0.938. The van der Waals surface area contributed by atoms with Gasteiger partial charge in [0, 0.05) is 24.7 Å². The van der Waals surface area contributed by atoms with Crippen molar-refractivity contribution in [3.63, 3.8) is 0 Å². The Kier molecular flexibility index (Phi) is 4.65. The summed E-state index contributed by atoms with van der Waals surface area (Å²) >= 11 is 0. The third-order valence-corrected chi connectivity index (χ3v) is 4.02. The summed E-state index contributed by atoms with van der Waals surface area (Å²) in [6.07, 6.45) is 0.0546. The van der Waals surface area contributed by atoms with E-state index >= 15 is 0 Å². The van der Waals surface area contributed by atoms with E-state index in [0.29, 0.717) is 11.4 Å². The minimum Gasteiger partial charge on any atom is -0.497 e. The summed E-state index contributed by atoms with van der Waals surface area (Å²) in [7, 11) is 1.52. The zero-order chi connectivity index (χ0) is 18.0. The van der Waals surface area contributed by atoms with Crippen LogP contribution < -0.4 is 15.0 Å². The summed E-state index contributed by atoms with van der Waals surface area (Å²) in [4.78, 5) is 25.9. The van der Waals surface area contributed by atoms with Crippen molar-refractivity contribution in [3.05, 3.63) is 59.7 Å². The molecule has 2 aromatic carbocycles. The van der Waals surface area contributed by atoms with Crippen molar-refractivity contribution in [1.82, 2.24) is 5.32 Å². The van der Waals surface area contributed by atoms with Crippen LogP contribution >= 0.6 is 0 Å². The Morgan fingerprint density at radius 1 is 1.20 bits per heavy atom. The average Bonchev–Trinajstić information content (AvgIpc) is 2.95. The van der Waals surface area contributed by atoms with E-state index in [-0.39, 0.29) is 18.9 Å². The third kappa shape index (κ3) is 3.45. The van der Waals surface area contributed by atoms with Gasteiger partial charge in [0.2, 0.25) is 5.91 Å². The number of hydrogen-bond acceptors (Lipinski definition) is 3. The molecule has 3 rings (SSSR count). The normalized spacial score (nSPS) is 16.8. The molecule has 130 valence electrons. The second kappa shape index (κ2) is 6.88. The maximum Gasteiger partial charge on any atom is 0.257 e. The van der Waals surface area contributed by atoms with Crippen LogP contribution in [0.2, 0.25) is 0 Å². The second-order valence-electron chi connectivity index (χ2n) is 5.68. The van der Waals surface area contributed by atoms with Crippen LogP contribution in [0.3, 0.4) is 0 Å². The molecule has 0 radical (unpaired) electrons. The van der Waals surface area contributed by atoms with Crippen LogP contribution in [0, 0.1) is 11.6 Å². The fourth-order valence-electron chi connectivity index (χ4n) is 2.80. The van der Waals surface area contributed by atoms with Gasteiger partial charge in [0.1, 0.15) is 22.9 Å². The van der Waals surface area contributed by atoms with E-state index in [2.05, 4.69) is 5.32 Å². The molecule has 1 saturated heterocycles. The quantitative estimate of drug-likeness (QED) is 0.925. The smallest absolute Gasteiger partial charge is 0.257 e. The number of methoxy groups -OCH3 is 1. The van der Waals surface area contributed by atoms with Crippen molar-refractivity contribution in [2.75, 3.05) is 18.6 Å². The number of carbonyl (C=O) groups is 2. The van der Waals surface area contributed by atoms with Crippen molar-refractivity contribution < 1.29 is 23.1 Å². The number of anilines is 1. The van der Waals surface area contributed by atoms with E-state index in [1.54, 1.807) is 24.3 Å². The molecule has 25 heavy (non-hydrogen) atoms. The zero-order valence-corrected chi connectivity index (χ0v) is 13.5. The number of carbonyl (C=O) groups excluding carboxylic acids is 2. The van der Waals surface area contributed by atoms with Gasteiger partial charge < -0.3 is 15.0 Å². The molecule has 0 spiro atoms. The van der Waals surface area contributed by atoms with Crippen molar-refractivity contribution in [3.8, 4) is 5.75 Å². The highest BCUT2D eigenvalue weighted by atomic mass is 19.1. The van der Waals surface area contributed by atoms with Crippen LogP contribution in [0.15, 0.2) is 42.5 Å². The summed E-state index contributed by atoms with van der Waals surface area (Å²) in [5, 5.41) is 2.52. The molecule has 2 aromatic rings. The third-order valence-electron chi connectivity index (χ3n) is 4.02. The molecule has 0 unspecified atom stereocenters. The van der Waals surface area contributed by atoms with Crippen molar-refractivity contribution >= 4 is 17.5 Å². The standard InChI is InChI=1S/C18H16F2N2O3/c1-25-13-5-2-4-12(9-13)22-10-11(8-16(22)23)21-18(24)17-14(19)6-3-7-15(17)20/h2-7,9,11H,8,10H2,1H3,(H,21,24)/t11-/m1/s1. The molecule has 1 fully saturated rings. The lowest BCUT2D eigenvalue weighted by molar-refractivity contribution is -0.117. The molecule has 0 bridgehead atoms. The highest BCUT2D eigenvalue weighted by Gasteiger charge is 2.32. The van der Waals surface area contributed by atoms with Crippen molar-refractivity contribution in [1.29, 1.82) is 0 Å². The first-order chi connectivity index (χ1) is 12.0. The zero-order valence-electron chi connectivity index (χ0n) is 13.5. The molecular weight excluding hydrogens is 330 g/mol. The lowest BCUT2D eigenvalue weighted by Gasteiger charge is -2.18. The summed E-state index contributed by atoms with van der Waals surface area (Å²) < 4.78 is 32.5. The van der Waals surface area contributed by atoms with Crippen LogP contribution in [0.25, 0.3) is 0 Å². The Morgan fingerprint density at radius 3 is 2.56 bits per heavy atom. The van der Waals surface area contributed by atoms with Gasteiger partial charge in [-0.1, -0.05) is 12.1 Å². The first-order valence-electron chi connectivity index (χ1n) is 7.69. The number of nitrogens with zero attached hydrogens (tertiary/aromatic N) is 1. The highest BCUT2D eigenvalue weighted by molar-refractivity contribution is 5.99. The molecule has 2 amide bonds. The van der Waals surface area contributed by atoms with Gasteiger partial charge in [-0.3, -0.25) is 9.59 Å².